The molecule has 2 N–H and O–H groups in total. The SMILES string of the molecule is CC(NC(=O)c1c(NC2CC2)nn2cccnc12)c1cc2cccc(C#Cc3cnn4c3CCC4)c2c(=O)n1-c1ccccc1. The van der Waals surface area contributed by atoms with Gasteiger partial charge in [0.15, 0.2) is 11.5 Å². The van der Waals surface area contributed by atoms with Crippen molar-refractivity contribution in [3.8, 4) is 17.5 Å². The molecule has 0 bridgehead atoms. The van der Waals surface area contributed by atoms with Crippen LogP contribution < -0.4 is 16.2 Å². The number of nitrogens with one attached hydrogen (secondary N) is 2. The summed E-state index contributed by atoms with van der Waals surface area (Å²) in [5.74, 6) is 6.74. The predicted molar refractivity (Wildman–Crippen MR) is 172 cm³/mol. The van der Waals surface area contributed by atoms with Gasteiger partial charge < -0.3 is 10.6 Å². The van der Waals surface area contributed by atoms with Gasteiger partial charge in [0.05, 0.1) is 28.9 Å². The van der Waals surface area contributed by atoms with E-state index in [9.17, 15) is 9.59 Å². The van der Waals surface area contributed by atoms with Gasteiger partial charge >= 0.3 is 0 Å². The lowest BCUT2D eigenvalue weighted by molar-refractivity contribution is 0.0941. The number of amides is 1. The van der Waals surface area contributed by atoms with E-state index in [4.69, 9.17) is 0 Å². The Morgan fingerprint density at radius 2 is 1.89 bits per heavy atom. The number of nitrogens with zero attached hydrogens (tertiary/aromatic N) is 6. The summed E-state index contributed by atoms with van der Waals surface area (Å²) < 4.78 is 5.29. The minimum atomic E-state index is -0.535. The molecule has 1 atom stereocenters. The molecule has 1 fully saturated rings. The normalized spacial score (nSPS) is 14.6. The van der Waals surface area contributed by atoms with E-state index >= 15 is 0 Å². The van der Waals surface area contributed by atoms with Gasteiger partial charge in [-0.25, -0.2) is 9.50 Å². The van der Waals surface area contributed by atoms with Gasteiger partial charge in [-0.1, -0.05) is 42.2 Å². The number of aryl methyl sites for hydroxylation is 1. The van der Waals surface area contributed by atoms with E-state index in [-0.39, 0.29) is 11.5 Å². The molecule has 1 saturated carbocycles. The first-order valence-electron chi connectivity index (χ1n) is 15.3. The van der Waals surface area contributed by atoms with Gasteiger partial charge in [0.1, 0.15) is 5.56 Å². The summed E-state index contributed by atoms with van der Waals surface area (Å²) in [6, 6.07) is 18.7. The van der Waals surface area contributed by atoms with Crippen molar-refractivity contribution in [1.29, 1.82) is 0 Å². The Morgan fingerprint density at radius 1 is 1.04 bits per heavy atom. The summed E-state index contributed by atoms with van der Waals surface area (Å²) >= 11 is 0. The Hall–Kier alpha value is -5.69. The van der Waals surface area contributed by atoms with Crippen molar-refractivity contribution < 1.29 is 4.79 Å². The Morgan fingerprint density at radius 3 is 2.73 bits per heavy atom. The Kier molecular flexibility index (Phi) is 6.45. The molecule has 6 aromatic rings. The van der Waals surface area contributed by atoms with Gasteiger partial charge in [0.25, 0.3) is 11.5 Å². The van der Waals surface area contributed by atoms with Gasteiger partial charge in [-0.05, 0) is 68.3 Å². The number of aromatic nitrogens is 6. The van der Waals surface area contributed by atoms with E-state index < -0.39 is 6.04 Å². The fourth-order valence-electron chi connectivity index (χ4n) is 6.11. The molecular weight excluding hydrogens is 564 g/mol. The summed E-state index contributed by atoms with van der Waals surface area (Å²) in [5, 5.41) is 16.8. The van der Waals surface area contributed by atoms with Crippen molar-refractivity contribution in [1.82, 2.24) is 34.3 Å². The quantitative estimate of drug-likeness (QED) is 0.272. The van der Waals surface area contributed by atoms with Crippen molar-refractivity contribution in [3.63, 3.8) is 0 Å². The molecule has 0 spiro atoms. The maximum atomic E-state index is 14.4. The summed E-state index contributed by atoms with van der Waals surface area (Å²) in [6.07, 6.45) is 9.33. The van der Waals surface area contributed by atoms with Crippen molar-refractivity contribution in [2.24, 2.45) is 0 Å². The highest BCUT2D eigenvalue weighted by Gasteiger charge is 2.29. The first-order valence-corrected chi connectivity index (χ1v) is 15.3. The van der Waals surface area contributed by atoms with Gasteiger partial charge in [0, 0.05) is 41.9 Å². The van der Waals surface area contributed by atoms with Crippen LogP contribution in [-0.4, -0.2) is 40.9 Å². The fourth-order valence-corrected chi connectivity index (χ4v) is 6.11. The smallest absolute Gasteiger partial charge is 0.264 e. The summed E-state index contributed by atoms with van der Waals surface area (Å²) in [6.45, 7) is 2.80. The molecule has 1 unspecified atom stereocenters. The van der Waals surface area contributed by atoms with E-state index in [1.54, 1.807) is 27.5 Å². The van der Waals surface area contributed by atoms with E-state index in [1.807, 2.05) is 72.4 Å². The van der Waals surface area contributed by atoms with E-state index in [1.165, 1.54) is 0 Å². The third-order valence-corrected chi connectivity index (χ3v) is 8.49. The molecular formula is C35H30N8O2. The lowest BCUT2D eigenvalue weighted by atomic mass is 10.0. The summed E-state index contributed by atoms with van der Waals surface area (Å²) in [5.41, 5.74) is 4.70. The van der Waals surface area contributed by atoms with Crippen LogP contribution in [0.15, 0.2) is 84.0 Å². The highest BCUT2D eigenvalue weighted by molar-refractivity contribution is 6.05. The fraction of sp³-hybridized carbons (Fsp3) is 0.229. The molecule has 0 radical (unpaired) electrons. The monoisotopic (exact) mass is 594 g/mol. The zero-order valence-corrected chi connectivity index (χ0v) is 24.7. The number of pyridine rings is 1. The van der Waals surface area contributed by atoms with Crippen molar-refractivity contribution in [2.45, 2.75) is 51.2 Å². The maximum Gasteiger partial charge on any atom is 0.264 e. The molecule has 1 aliphatic carbocycles. The second-order valence-corrected chi connectivity index (χ2v) is 11.6. The number of fused-ring (bicyclic) bond motifs is 3. The first kappa shape index (κ1) is 26.9. The van der Waals surface area contributed by atoms with Gasteiger partial charge in [0.2, 0.25) is 0 Å². The third kappa shape index (κ3) is 4.83. The zero-order valence-electron chi connectivity index (χ0n) is 24.7. The summed E-state index contributed by atoms with van der Waals surface area (Å²) in [4.78, 5) is 32.8. The average molecular weight is 595 g/mol. The van der Waals surface area contributed by atoms with Crippen molar-refractivity contribution in [2.75, 3.05) is 5.32 Å². The highest BCUT2D eigenvalue weighted by atomic mass is 16.2. The number of carbonyl (C=O) groups is 1. The standard InChI is InChI=1S/C35H30N8O2/c1-22(38-34(44)31-32(39-26-15-16-26)40-42-19-7-17-36-33(31)42)29-20-24-9-5-8-23(13-14-25-21-37-41-18-6-12-28(25)41)30(24)35(45)43(29)27-10-3-2-4-11-27/h2-5,7-11,17,19-22,26H,6,12,15-16,18H2,1H3,(H,38,44)(H,39,40). The second-order valence-electron chi connectivity index (χ2n) is 11.6. The molecule has 45 heavy (non-hydrogen) atoms. The lowest BCUT2D eigenvalue weighted by Gasteiger charge is -2.21. The van der Waals surface area contributed by atoms with Crippen molar-refractivity contribution in [3.05, 3.63) is 118 Å². The van der Waals surface area contributed by atoms with Crippen LogP contribution in [0.2, 0.25) is 0 Å². The Balaban J connectivity index is 1.22. The highest BCUT2D eigenvalue weighted by Crippen LogP contribution is 2.29. The largest absolute Gasteiger partial charge is 0.365 e. The molecule has 222 valence electrons. The number of anilines is 1. The van der Waals surface area contributed by atoms with Crippen LogP contribution in [0, 0.1) is 11.8 Å². The van der Waals surface area contributed by atoms with Crippen LogP contribution in [0.25, 0.3) is 22.1 Å². The Bertz CT molecular complexity index is 2230. The maximum absolute atomic E-state index is 14.4. The van der Waals surface area contributed by atoms with Crippen LogP contribution in [0.4, 0.5) is 5.82 Å². The molecule has 1 aliphatic heterocycles. The molecule has 1 amide bonds. The lowest BCUT2D eigenvalue weighted by Crippen LogP contribution is -2.32. The van der Waals surface area contributed by atoms with Crippen LogP contribution in [0.5, 0.6) is 0 Å². The second kappa shape index (κ2) is 10.8. The number of hydrogen-bond donors (Lipinski definition) is 2. The van der Waals surface area contributed by atoms with Crippen LogP contribution in [0.1, 0.15) is 65.1 Å². The minimum Gasteiger partial charge on any atom is -0.365 e. The molecule has 2 aliphatic rings. The van der Waals surface area contributed by atoms with E-state index in [2.05, 4.69) is 37.7 Å². The number of hydrogen-bond acceptors (Lipinski definition) is 6. The average Bonchev–Trinajstić information content (AvgIpc) is 3.42. The number of carbonyl (C=O) groups excluding carboxylic acids is 1. The molecule has 2 aromatic carbocycles. The van der Waals surface area contributed by atoms with Crippen LogP contribution in [0.3, 0.4) is 0 Å². The van der Waals surface area contributed by atoms with E-state index in [0.717, 1.165) is 48.9 Å². The molecule has 4 aromatic heterocycles. The van der Waals surface area contributed by atoms with Gasteiger partial charge in [-0.2, -0.15) is 5.10 Å². The zero-order chi connectivity index (χ0) is 30.5. The predicted octanol–water partition coefficient (Wildman–Crippen LogP) is 4.64. The molecule has 8 rings (SSSR count). The summed E-state index contributed by atoms with van der Waals surface area (Å²) in [7, 11) is 0. The first-order chi connectivity index (χ1) is 22.0. The van der Waals surface area contributed by atoms with E-state index in [0.29, 0.717) is 45.4 Å². The minimum absolute atomic E-state index is 0.200. The molecule has 0 saturated heterocycles. The van der Waals surface area contributed by atoms with Crippen LogP contribution in [-0.2, 0) is 13.0 Å². The van der Waals surface area contributed by atoms with Crippen molar-refractivity contribution >= 4 is 28.1 Å². The third-order valence-electron chi connectivity index (χ3n) is 8.49. The number of benzene rings is 2. The topological polar surface area (TPSA) is 111 Å². The van der Waals surface area contributed by atoms with Crippen LogP contribution >= 0.6 is 0 Å². The number of rotatable bonds is 6. The molecule has 10 heteroatoms. The van der Waals surface area contributed by atoms with Gasteiger partial charge in [-0.15, -0.1) is 5.10 Å². The molecule has 5 heterocycles. The van der Waals surface area contributed by atoms with Gasteiger partial charge in [-0.3, -0.25) is 18.8 Å². The number of para-hydroxylation sites is 1. The molecule has 10 nitrogen and oxygen atoms in total. The Labute approximate surface area is 258 Å².